The summed E-state index contributed by atoms with van der Waals surface area (Å²) in [6, 6.07) is 6.01. The molecule has 0 saturated carbocycles. The van der Waals surface area contributed by atoms with Crippen molar-refractivity contribution in [2.75, 3.05) is 25.0 Å². The molecule has 3 heteroatoms. The van der Waals surface area contributed by atoms with E-state index in [0.717, 1.165) is 42.9 Å². The van der Waals surface area contributed by atoms with Crippen LogP contribution in [0.2, 0.25) is 0 Å². The van der Waals surface area contributed by atoms with Gasteiger partial charge in [0.1, 0.15) is 0 Å². The van der Waals surface area contributed by atoms with E-state index in [9.17, 15) is 4.79 Å². The number of hydrogen-bond acceptors (Lipinski definition) is 2. The molecule has 0 atom stereocenters. The van der Waals surface area contributed by atoms with E-state index in [1.165, 1.54) is 0 Å². The van der Waals surface area contributed by atoms with Gasteiger partial charge in [-0.25, -0.2) is 0 Å². The maximum Gasteiger partial charge on any atom is 0.255 e. The average molecular weight is 248 g/mol. The fraction of sp³-hybridized carbons (Fsp3) is 0.533. The molecule has 0 spiro atoms. The van der Waals surface area contributed by atoms with Crippen LogP contribution in [0.5, 0.6) is 0 Å². The standard InChI is InChI=1S/C15H24N2O/c1-5-10-16-14-9-8-12(4)11-13(14)15(18)17(6-2)7-3/h8-9,11,16H,5-7,10H2,1-4H3. The Hall–Kier alpha value is -1.51. The number of rotatable bonds is 6. The highest BCUT2D eigenvalue weighted by molar-refractivity contribution is 5.99. The number of anilines is 1. The van der Waals surface area contributed by atoms with Crippen LogP contribution in [0.25, 0.3) is 0 Å². The lowest BCUT2D eigenvalue weighted by Gasteiger charge is -2.21. The number of nitrogens with zero attached hydrogens (tertiary/aromatic N) is 1. The van der Waals surface area contributed by atoms with Crippen molar-refractivity contribution in [3.8, 4) is 0 Å². The zero-order chi connectivity index (χ0) is 13.5. The molecule has 0 bridgehead atoms. The van der Waals surface area contributed by atoms with Gasteiger partial charge in [-0.05, 0) is 39.3 Å². The normalized spacial score (nSPS) is 10.2. The molecule has 1 aromatic carbocycles. The molecule has 0 fully saturated rings. The van der Waals surface area contributed by atoms with Crippen LogP contribution in [0.3, 0.4) is 0 Å². The van der Waals surface area contributed by atoms with Crippen molar-refractivity contribution in [2.45, 2.75) is 34.1 Å². The minimum absolute atomic E-state index is 0.113. The molecule has 0 saturated heterocycles. The van der Waals surface area contributed by atoms with Gasteiger partial charge >= 0.3 is 0 Å². The Morgan fingerprint density at radius 2 is 1.89 bits per heavy atom. The summed E-state index contributed by atoms with van der Waals surface area (Å²) < 4.78 is 0. The molecule has 0 aliphatic rings. The quantitative estimate of drug-likeness (QED) is 0.837. The lowest BCUT2D eigenvalue weighted by molar-refractivity contribution is 0.0774. The third kappa shape index (κ3) is 3.49. The Labute approximate surface area is 110 Å². The van der Waals surface area contributed by atoms with Gasteiger partial charge in [0.25, 0.3) is 5.91 Å². The van der Waals surface area contributed by atoms with Crippen molar-refractivity contribution >= 4 is 11.6 Å². The second-order valence-electron chi connectivity index (χ2n) is 4.45. The smallest absolute Gasteiger partial charge is 0.255 e. The third-order valence-corrected chi connectivity index (χ3v) is 3.02. The average Bonchev–Trinajstić information content (AvgIpc) is 2.38. The van der Waals surface area contributed by atoms with Crippen molar-refractivity contribution in [2.24, 2.45) is 0 Å². The van der Waals surface area contributed by atoms with Gasteiger partial charge in [0.05, 0.1) is 5.56 Å². The minimum Gasteiger partial charge on any atom is -0.384 e. The Kier molecular flexibility index (Phi) is 5.69. The first-order chi connectivity index (χ1) is 8.63. The number of aryl methyl sites for hydroxylation is 1. The second-order valence-corrected chi connectivity index (χ2v) is 4.45. The molecule has 1 amide bonds. The first-order valence-electron chi connectivity index (χ1n) is 6.77. The highest BCUT2D eigenvalue weighted by Gasteiger charge is 2.16. The Morgan fingerprint density at radius 1 is 1.22 bits per heavy atom. The van der Waals surface area contributed by atoms with Gasteiger partial charge < -0.3 is 10.2 Å². The second kappa shape index (κ2) is 7.04. The predicted octanol–water partition coefficient (Wildman–Crippen LogP) is 3.30. The van der Waals surface area contributed by atoms with Crippen molar-refractivity contribution in [1.29, 1.82) is 0 Å². The lowest BCUT2D eigenvalue weighted by atomic mass is 10.1. The maximum absolute atomic E-state index is 12.4. The molecule has 0 aromatic heterocycles. The van der Waals surface area contributed by atoms with Gasteiger partial charge in [-0.15, -0.1) is 0 Å². The molecule has 18 heavy (non-hydrogen) atoms. The number of amides is 1. The minimum atomic E-state index is 0.113. The summed E-state index contributed by atoms with van der Waals surface area (Å²) in [4.78, 5) is 14.3. The van der Waals surface area contributed by atoms with E-state index in [2.05, 4.69) is 12.2 Å². The number of carbonyl (C=O) groups excluding carboxylic acids is 1. The Bertz CT molecular complexity index is 397. The highest BCUT2D eigenvalue weighted by Crippen LogP contribution is 2.19. The molecule has 1 N–H and O–H groups in total. The van der Waals surface area contributed by atoms with Gasteiger partial charge in [-0.2, -0.15) is 0 Å². The molecule has 0 aliphatic carbocycles. The number of benzene rings is 1. The molecule has 0 radical (unpaired) electrons. The van der Waals surface area contributed by atoms with Crippen LogP contribution in [0.4, 0.5) is 5.69 Å². The van der Waals surface area contributed by atoms with Crippen LogP contribution in [-0.4, -0.2) is 30.4 Å². The van der Waals surface area contributed by atoms with Crippen molar-refractivity contribution in [3.05, 3.63) is 29.3 Å². The van der Waals surface area contributed by atoms with Crippen molar-refractivity contribution in [3.63, 3.8) is 0 Å². The van der Waals surface area contributed by atoms with Crippen LogP contribution in [-0.2, 0) is 0 Å². The van der Waals surface area contributed by atoms with Gasteiger partial charge in [-0.3, -0.25) is 4.79 Å². The fourth-order valence-corrected chi connectivity index (χ4v) is 1.93. The topological polar surface area (TPSA) is 32.3 Å². The molecule has 0 aliphatic heterocycles. The van der Waals surface area contributed by atoms with E-state index < -0.39 is 0 Å². The monoisotopic (exact) mass is 248 g/mol. The van der Waals surface area contributed by atoms with E-state index >= 15 is 0 Å². The van der Waals surface area contributed by atoms with E-state index in [0.29, 0.717) is 0 Å². The zero-order valence-corrected chi connectivity index (χ0v) is 11.9. The largest absolute Gasteiger partial charge is 0.384 e. The molecule has 0 heterocycles. The lowest BCUT2D eigenvalue weighted by Crippen LogP contribution is -2.31. The SMILES string of the molecule is CCCNc1ccc(C)cc1C(=O)N(CC)CC. The van der Waals surface area contributed by atoms with Crippen molar-refractivity contribution < 1.29 is 4.79 Å². The fourth-order valence-electron chi connectivity index (χ4n) is 1.93. The van der Waals surface area contributed by atoms with E-state index in [-0.39, 0.29) is 5.91 Å². The van der Waals surface area contributed by atoms with Gasteiger partial charge in [-0.1, -0.05) is 18.6 Å². The first-order valence-corrected chi connectivity index (χ1v) is 6.77. The van der Waals surface area contributed by atoms with Crippen LogP contribution >= 0.6 is 0 Å². The van der Waals surface area contributed by atoms with Crippen LogP contribution in [0.1, 0.15) is 43.1 Å². The first kappa shape index (κ1) is 14.6. The van der Waals surface area contributed by atoms with Crippen LogP contribution < -0.4 is 5.32 Å². The number of nitrogens with one attached hydrogen (secondary N) is 1. The summed E-state index contributed by atoms with van der Waals surface area (Å²) in [7, 11) is 0. The predicted molar refractivity (Wildman–Crippen MR) is 77.2 cm³/mol. The molecule has 3 nitrogen and oxygen atoms in total. The van der Waals surface area contributed by atoms with E-state index in [1.54, 1.807) is 0 Å². The van der Waals surface area contributed by atoms with Crippen molar-refractivity contribution in [1.82, 2.24) is 4.90 Å². The number of hydrogen-bond donors (Lipinski definition) is 1. The zero-order valence-electron chi connectivity index (χ0n) is 11.9. The summed E-state index contributed by atoms with van der Waals surface area (Å²) in [5, 5.41) is 3.33. The summed E-state index contributed by atoms with van der Waals surface area (Å²) >= 11 is 0. The summed E-state index contributed by atoms with van der Waals surface area (Å²) in [5.74, 6) is 0.113. The van der Waals surface area contributed by atoms with Crippen LogP contribution in [0.15, 0.2) is 18.2 Å². The summed E-state index contributed by atoms with van der Waals surface area (Å²) in [5.41, 5.74) is 2.85. The van der Waals surface area contributed by atoms with Gasteiger partial charge in [0.15, 0.2) is 0 Å². The molecule has 100 valence electrons. The Morgan fingerprint density at radius 3 is 2.44 bits per heavy atom. The van der Waals surface area contributed by atoms with Crippen LogP contribution in [0, 0.1) is 6.92 Å². The molecular formula is C15H24N2O. The maximum atomic E-state index is 12.4. The third-order valence-electron chi connectivity index (χ3n) is 3.02. The molecule has 0 unspecified atom stereocenters. The molecule has 1 rings (SSSR count). The highest BCUT2D eigenvalue weighted by atomic mass is 16.2. The summed E-state index contributed by atoms with van der Waals surface area (Å²) in [6.45, 7) is 10.5. The van der Waals surface area contributed by atoms with E-state index in [1.807, 2.05) is 43.9 Å². The Balaban J connectivity index is 3.03. The molecule has 1 aromatic rings. The molecular weight excluding hydrogens is 224 g/mol. The van der Waals surface area contributed by atoms with Gasteiger partial charge in [0.2, 0.25) is 0 Å². The number of carbonyl (C=O) groups is 1. The summed E-state index contributed by atoms with van der Waals surface area (Å²) in [6.07, 6.45) is 1.05. The van der Waals surface area contributed by atoms with Gasteiger partial charge in [0, 0.05) is 25.3 Å². The van der Waals surface area contributed by atoms with E-state index in [4.69, 9.17) is 0 Å².